The van der Waals surface area contributed by atoms with Crippen LogP contribution in [0.3, 0.4) is 0 Å². The van der Waals surface area contributed by atoms with Crippen molar-refractivity contribution in [3.05, 3.63) is 24.2 Å². The summed E-state index contributed by atoms with van der Waals surface area (Å²) in [4.78, 5) is 8.45. The Morgan fingerprint density at radius 2 is 2.45 bits per heavy atom. The summed E-state index contributed by atoms with van der Waals surface area (Å²) in [6.07, 6.45) is 8.48. The Kier molecular flexibility index (Phi) is 1.35. The van der Waals surface area contributed by atoms with Gasteiger partial charge in [-0.1, -0.05) is 6.08 Å². The number of aryl methyl sites for hydroxylation is 1. The summed E-state index contributed by atoms with van der Waals surface area (Å²) in [6.45, 7) is 0. The Morgan fingerprint density at radius 3 is 3.36 bits per heavy atom. The van der Waals surface area contributed by atoms with Gasteiger partial charge in [0, 0.05) is 19.7 Å². The zero-order chi connectivity index (χ0) is 7.68. The molecule has 3 heteroatoms. The molecule has 0 saturated carbocycles. The van der Waals surface area contributed by atoms with Gasteiger partial charge in [-0.15, -0.1) is 0 Å². The second-order valence-corrected chi connectivity index (χ2v) is 2.54. The lowest BCUT2D eigenvalue weighted by molar-refractivity contribution is 0.912. The minimum atomic E-state index is 0.885. The van der Waals surface area contributed by atoms with Gasteiger partial charge in [0.15, 0.2) is 5.82 Å². The average molecular weight is 147 g/mol. The van der Waals surface area contributed by atoms with Crippen LogP contribution in [-0.2, 0) is 13.5 Å². The lowest BCUT2D eigenvalue weighted by Gasteiger charge is -1.94. The lowest BCUT2D eigenvalue weighted by Crippen LogP contribution is -1.84. The molecule has 1 aliphatic heterocycles. The maximum atomic E-state index is 4.23. The standard InChI is InChI=1S/C8H9N3/c1-11-6-10-7-4-2-3-5-9-8(7)11/h2-3,5-6H,4H2,1H3. The van der Waals surface area contributed by atoms with E-state index in [1.807, 2.05) is 17.7 Å². The molecule has 0 aromatic carbocycles. The van der Waals surface area contributed by atoms with E-state index in [0.29, 0.717) is 0 Å². The zero-order valence-electron chi connectivity index (χ0n) is 6.36. The topological polar surface area (TPSA) is 30.2 Å². The first-order valence-corrected chi connectivity index (χ1v) is 3.57. The highest BCUT2D eigenvalue weighted by Crippen LogP contribution is 2.18. The number of aliphatic imine (C=N–C) groups is 1. The van der Waals surface area contributed by atoms with Crippen LogP contribution in [0.15, 0.2) is 23.5 Å². The third-order valence-electron chi connectivity index (χ3n) is 1.71. The van der Waals surface area contributed by atoms with Crippen molar-refractivity contribution in [1.82, 2.24) is 9.55 Å². The maximum Gasteiger partial charge on any atom is 0.155 e. The summed E-state index contributed by atoms with van der Waals surface area (Å²) in [5.41, 5.74) is 1.05. The van der Waals surface area contributed by atoms with Gasteiger partial charge in [-0.25, -0.2) is 9.98 Å². The largest absolute Gasteiger partial charge is 0.319 e. The van der Waals surface area contributed by atoms with Crippen LogP contribution in [0, 0.1) is 0 Å². The Labute approximate surface area is 65.1 Å². The monoisotopic (exact) mass is 147 g/mol. The van der Waals surface area contributed by atoms with Crippen LogP contribution in [0.25, 0.3) is 0 Å². The number of rotatable bonds is 0. The molecule has 1 aliphatic rings. The summed E-state index contributed by atoms with van der Waals surface area (Å²) in [5.74, 6) is 0.968. The zero-order valence-corrected chi connectivity index (χ0v) is 6.36. The number of hydrogen-bond acceptors (Lipinski definition) is 2. The normalized spacial score (nSPS) is 14.6. The van der Waals surface area contributed by atoms with Crippen molar-refractivity contribution >= 4 is 12.0 Å². The SMILES string of the molecule is Cn1cnc2c1N=CC=CC2. The van der Waals surface area contributed by atoms with Crippen molar-refractivity contribution in [2.75, 3.05) is 0 Å². The van der Waals surface area contributed by atoms with E-state index in [2.05, 4.69) is 16.1 Å². The van der Waals surface area contributed by atoms with Crippen LogP contribution in [0.4, 0.5) is 5.82 Å². The van der Waals surface area contributed by atoms with Gasteiger partial charge < -0.3 is 4.57 Å². The predicted molar refractivity (Wildman–Crippen MR) is 44.2 cm³/mol. The summed E-state index contributed by atoms with van der Waals surface area (Å²) in [7, 11) is 1.95. The molecule has 11 heavy (non-hydrogen) atoms. The van der Waals surface area contributed by atoms with E-state index in [-0.39, 0.29) is 0 Å². The molecule has 2 rings (SSSR count). The van der Waals surface area contributed by atoms with Gasteiger partial charge in [-0.3, -0.25) is 0 Å². The molecule has 1 aromatic rings. The first kappa shape index (κ1) is 6.34. The van der Waals surface area contributed by atoms with E-state index in [1.165, 1.54) is 0 Å². The number of allylic oxidation sites excluding steroid dienone is 2. The third-order valence-corrected chi connectivity index (χ3v) is 1.71. The van der Waals surface area contributed by atoms with Gasteiger partial charge in [0.25, 0.3) is 0 Å². The van der Waals surface area contributed by atoms with Crippen molar-refractivity contribution in [1.29, 1.82) is 0 Å². The summed E-state index contributed by atoms with van der Waals surface area (Å²) in [6, 6.07) is 0. The van der Waals surface area contributed by atoms with Crippen LogP contribution >= 0.6 is 0 Å². The highest BCUT2D eigenvalue weighted by molar-refractivity contribution is 5.75. The van der Waals surface area contributed by atoms with Crippen LogP contribution in [0.1, 0.15) is 5.69 Å². The number of aromatic nitrogens is 2. The summed E-state index contributed by atoms with van der Waals surface area (Å²) in [5, 5.41) is 0. The molecule has 0 aliphatic carbocycles. The van der Waals surface area contributed by atoms with Crippen molar-refractivity contribution < 1.29 is 0 Å². The predicted octanol–water partition coefficient (Wildman–Crippen LogP) is 1.23. The molecule has 0 amide bonds. The number of fused-ring (bicyclic) bond motifs is 1. The Bertz CT molecular complexity index is 320. The first-order valence-electron chi connectivity index (χ1n) is 3.57. The molecule has 0 N–H and O–H groups in total. The molecule has 3 nitrogen and oxygen atoms in total. The molecule has 0 saturated heterocycles. The Morgan fingerprint density at radius 1 is 1.55 bits per heavy atom. The number of hydrogen-bond donors (Lipinski definition) is 0. The fourth-order valence-corrected chi connectivity index (χ4v) is 1.14. The van der Waals surface area contributed by atoms with E-state index >= 15 is 0 Å². The Balaban J connectivity index is 2.55. The molecule has 0 fully saturated rings. The molecule has 0 atom stereocenters. The van der Waals surface area contributed by atoms with Crippen LogP contribution in [0.5, 0.6) is 0 Å². The molecular formula is C8H9N3. The molecular weight excluding hydrogens is 138 g/mol. The lowest BCUT2D eigenvalue weighted by atomic mass is 10.3. The van der Waals surface area contributed by atoms with Crippen molar-refractivity contribution in [2.24, 2.45) is 12.0 Å². The number of nitrogens with zero attached hydrogens (tertiary/aromatic N) is 3. The first-order chi connectivity index (χ1) is 5.38. The van der Waals surface area contributed by atoms with E-state index in [0.717, 1.165) is 17.9 Å². The van der Waals surface area contributed by atoms with Gasteiger partial charge in [-0.2, -0.15) is 0 Å². The van der Waals surface area contributed by atoms with Crippen molar-refractivity contribution in [3.8, 4) is 0 Å². The maximum absolute atomic E-state index is 4.23. The molecule has 2 heterocycles. The summed E-state index contributed by atoms with van der Waals surface area (Å²) < 4.78 is 1.93. The average Bonchev–Trinajstić information content (AvgIpc) is 2.25. The minimum absolute atomic E-state index is 0.885. The molecule has 0 spiro atoms. The van der Waals surface area contributed by atoms with E-state index in [9.17, 15) is 0 Å². The van der Waals surface area contributed by atoms with E-state index in [4.69, 9.17) is 0 Å². The quantitative estimate of drug-likeness (QED) is 0.543. The van der Waals surface area contributed by atoms with Gasteiger partial charge in [0.1, 0.15) is 0 Å². The van der Waals surface area contributed by atoms with Crippen LogP contribution < -0.4 is 0 Å². The number of imidazole rings is 1. The molecule has 0 bridgehead atoms. The van der Waals surface area contributed by atoms with E-state index in [1.54, 1.807) is 12.5 Å². The van der Waals surface area contributed by atoms with Crippen molar-refractivity contribution in [2.45, 2.75) is 6.42 Å². The molecule has 56 valence electrons. The summed E-state index contributed by atoms with van der Waals surface area (Å²) >= 11 is 0. The fourth-order valence-electron chi connectivity index (χ4n) is 1.14. The molecule has 0 radical (unpaired) electrons. The Hall–Kier alpha value is -1.38. The highest BCUT2D eigenvalue weighted by atomic mass is 15.1. The van der Waals surface area contributed by atoms with Crippen LogP contribution in [-0.4, -0.2) is 15.8 Å². The van der Waals surface area contributed by atoms with Gasteiger partial charge >= 0.3 is 0 Å². The highest BCUT2D eigenvalue weighted by Gasteiger charge is 2.05. The van der Waals surface area contributed by atoms with Gasteiger partial charge in [-0.05, 0) is 6.08 Å². The second-order valence-electron chi connectivity index (χ2n) is 2.54. The molecule has 1 aromatic heterocycles. The van der Waals surface area contributed by atoms with Gasteiger partial charge in [0.05, 0.1) is 12.0 Å². The van der Waals surface area contributed by atoms with Crippen LogP contribution in [0.2, 0.25) is 0 Å². The van der Waals surface area contributed by atoms with E-state index < -0.39 is 0 Å². The minimum Gasteiger partial charge on any atom is -0.319 e. The fraction of sp³-hybridized carbons (Fsp3) is 0.250. The second kappa shape index (κ2) is 2.34. The third kappa shape index (κ3) is 0.981. The smallest absolute Gasteiger partial charge is 0.155 e. The van der Waals surface area contributed by atoms with Gasteiger partial charge in [0.2, 0.25) is 0 Å². The molecule has 0 unspecified atom stereocenters. The van der Waals surface area contributed by atoms with Crippen molar-refractivity contribution in [3.63, 3.8) is 0 Å².